The predicted molar refractivity (Wildman–Crippen MR) is 199 cm³/mol. The number of pyridine rings is 1. The number of aromatic amines is 1. The van der Waals surface area contributed by atoms with E-state index in [0.717, 1.165) is 61.1 Å². The highest BCUT2D eigenvalue weighted by atomic mass is 19.1. The monoisotopic (exact) mass is 729 g/mol. The second-order valence-electron chi connectivity index (χ2n) is 16.9. The molecule has 3 saturated heterocycles. The van der Waals surface area contributed by atoms with Gasteiger partial charge in [0.05, 0.1) is 45.2 Å². The number of fused-ring (bicyclic) bond motifs is 3. The molecule has 0 bridgehead atoms. The predicted octanol–water partition coefficient (Wildman–Crippen LogP) is 5.89. The number of rotatable bonds is 7. The molecule has 1 aromatic carbocycles. The molecular formula is C40H52FN7O5. The zero-order valence-corrected chi connectivity index (χ0v) is 31.5. The highest BCUT2D eigenvalue weighted by molar-refractivity contribution is 6.01. The third-order valence-electron chi connectivity index (χ3n) is 13.4. The maximum Gasteiger partial charge on any atom is 0.319 e. The summed E-state index contributed by atoms with van der Waals surface area (Å²) in [5.74, 6) is 0.0125. The van der Waals surface area contributed by atoms with Crippen LogP contribution < -0.4 is 14.4 Å². The summed E-state index contributed by atoms with van der Waals surface area (Å²) in [5.41, 5.74) is 2.78. The minimum atomic E-state index is -1.16. The van der Waals surface area contributed by atoms with Crippen molar-refractivity contribution in [3.05, 3.63) is 29.2 Å². The normalized spacial score (nSPS) is 28.0. The van der Waals surface area contributed by atoms with Gasteiger partial charge in [0.1, 0.15) is 28.0 Å². The van der Waals surface area contributed by atoms with Crippen LogP contribution in [0.4, 0.5) is 10.2 Å². The molecule has 5 aliphatic rings. The summed E-state index contributed by atoms with van der Waals surface area (Å²) in [6.07, 6.45) is 12.3. The van der Waals surface area contributed by atoms with E-state index in [1.165, 1.54) is 45.6 Å². The van der Waals surface area contributed by atoms with Crippen molar-refractivity contribution in [1.82, 2.24) is 30.0 Å². The number of aromatic nitrogens is 5. The summed E-state index contributed by atoms with van der Waals surface area (Å²) in [4.78, 5) is 19.4. The minimum absolute atomic E-state index is 0.0134. The zero-order chi connectivity index (χ0) is 36.5. The fraction of sp³-hybridized carbons (Fsp3) is 0.650. The van der Waals surface area contributed by atoms with Crippen molar-refractivity contribution in [2.75, 3.05) is 64.7 Å². The van der Waals surface area contributed by atoms with Crippen molar-refractivity contribution in [3.8, 4) is 23.1 Å². The summed E-state index contributed by atoms with van der Waals surface area (Å²) in [7, 11) is 1.52. The van der Waals surface area contributed by atoms with Gasteiger partial charge in [-0.3, -0.25) is 10.00 Å². The van der Waals surface area contributed by atoms with E-state index < -0.39 is 11.4 Å². The van der Waals surface area contributed by atoms with Crippen LogP contribution in [0.1, 0.15) is 75.8 Å². The molecule has 5 fully saturated rings. The highest BCUT2D eigenvalue weighted by Crippen LogP contribution is 2.56. The molecule has 2 N–H and O–H groups in total. The fourth-order valence-electron chi connectivity index (χ4n) is 10.5. The van der Waals surface area contributed by atoms with Crippen molar-refractivity contribution < 1.29 is 28.4 Å². The number of halogens is 1. The van der Waals surface area contributed by atoms with Crippen LogP contribution in [0.2, 0.25) is 0 Å². The van der Waals surface area contributed by atoms with Crippen LogP contribution in [0.15, 0.2) is 12.3 Å². The summed E-state index contributed by atoms with van der Waals surface area (Å²) in [5, 5.41) is 19.6. The molecule has 3 atom stereocenters. The number of methoxy groups -OCH3 is 1. The first kappa shape index (κ1) is 35.1. The molecule has 0 radical (unpaired) electrons. The van der Waals surface area contributed by atoms with E-state index in [9.17, 15) is 5.11 Å². The molecule has 4 aromatic rings. The molecule has 12 nitrogen and oxygen atoms in total. The number of benzene rings is 1. The number of aryl methyl sites for hydroxylation is 1. The Morgan fingerprint density at radius 1 is 1.04 bits per heavy atom. The third-order valence-corrected chi connectivity index (χ3v) is 13.4. The van der Waals surface area contributed by atoms with Crippen LogP contribution in [0.5, 0.6) is 11.9 Å². The average molecular weight is 730 g/mol. The van der Waals surface area contributed by atoms with E-state index in [0.29, 0.717) is 54.0 Å². The second-order valence-corrected chi connectivity index (χ2v) is 16.9. The van der Waals surface area contributed by atoms with E-state index in [1.54, 1.807) is 13.1 Å². The number of H-pyrrole nitrogens is 1. The third kappa shape index (κ3) is 6.02. The smallest absolute Gasteiger partial charge is 0.319 e. The van der Waals surface area contributed by atoms with Gasteiger partial charge in [-0.2, -0.15) is 15.1 Å². The van der Waals surface area contributed by atoms with Gasteiger partial charge in [0.15, 0.2) is 5.82 Å². The van der Waals surface area contributed by atoms with Gasteiger partial charge in [-0.15, -0.1) is 0 Å². The van der Waals surface area contributed by atoms with Crippen LogP contribution in [0.25, 0.3) is 33.1 Å². The first-order chi connectivity index (χ1) is 25.6. The second kappa shape index (κ2) is 13.3. The molecule has 3 aliphatic heterocycles. The largest absolute Gasteiger partial charge is 0.480 e. The van der Waals surface area contributed by atoms with Crippen molar-refractivity contribution in [1.29, 1.82) is 0 Å². The van der Waals surface area contributed by atoms with Gasteiger partial charge in [0.25, 0.3) is 0 Å². The van der Waals surface area contributed by atoms with Crippen molar-refractivity contribution in [2.45, 2.75) is 96.2 Å². The molecular weight excluding hydrogens is 677 g/mol. The van der Waals surface area contributed by atoms with Gasteiger partial charge in [0, 0.05) is 48.2 Å². The molecule has 284 valence electrons. The van der Waals surface area contributed by atoms with Crippen LogP contribution >= 0.6 is 0 Å². The molecule has 2 saturated carbocycles. The Kier molecular flexibility index (Phi) is 8.79. The number of likely N-dealkylation sites (tertiary alicyclic amines) is 1. The van der Waals surface area contributed by atoms with E-state index in [2.05, 4.69) is 15.1 Å². The molecule has 9 rings (SSSR count). The van der Waals surface area contributed by atoms with Gasteiger partial charge < -0.3 is 29.0 Å². The van der Waals surface area contributed by atoms with Gasteiger partial charge in [-0.05, 0) is 101 Å². The Labute approximate surface area is 309 Å². The maximum atomic E-state index is 17.3. The van der Waals surface area contributed by atoms with Crippen LogP contribution in [-0.2, 0) is 9.47 Å². The quantitative estimate of drug-likeness (QED) is 0.236. The first-order valence-electron chi connectivity index (χ1n) is 19.5. The topological polar surface area (TPSA) is 131 Å². The van der Waals surface area contributed by atoms with Crippen LogP contribution in [-0.4, -0.2) is 113 Å². The summed E-state index contributed by atoms with van der Waals surface area (Å²) < 4.78 is 41.4. The minimum Gasteiger partial charge on any atom is -0.480 e. The van der Waals surface area contributed by atoms with Crippen molar-refractivity contribution >= 4 is 27.6 Å². The molecule has 3 aromatic heterocycles. The number of piperidine rings is 1. The standard InChI is InChI=1S/C40H52FN7O5/c1-24-17-28-27(20-42-46-28)30(25(24)2)33-32(41)34-31(36(43-33)50-4)35(47-13-16-52-22-38(3,49)21-47)45-37(44-34)53-23-40-8-5-7-29(40)48(12-6-9-40)26-18-39(19-26)10-14-51-15-11-39/h17,20,26,29,49H,5-16,18-19,21-23H2,1-4H3,(H,42,46)/t29-,38+,40-/m1/s1. The zero-order valence-electron chi connectivity index (χ0n) is 31.5. The van der Waals surface area contributed by atoms with Gasteiger partial charge in [-0.1, -0.05) is 6.42 Å². The summed E-state index contributed by atoms with van der Waals surface area (Å²) in [6.45, 7) is 10.3. The van der Waals surface area contributed by atoms with Gasteiger partial charge in [-0.25, -0.2) is 9.37 Å². The molecule has 2 aliphatic carbocycles. The molecule has 13 heteroatoms. The Balaban J connectivity index is 1.11. The Bertz CT molecular complexity index is 2020. The van der Waals surface area contributed by atoms with E-state index >= 15 is 4.39 Å². The summed E-state index contributed by atoms with van der Waals surface area (Å²) in [6, 6.07) is 3.20. The Morgan fingerprint density at radius 3 is 2.66 bits per heavy atom. The number of ether oxygens (including phenoxy) is 4. The number of nitrogens with one attached hydrogen (secondary N) is 1. The lowest BCUT2D eigenvalue weighted by Gasteiger charge is -2.58. The molecule has 0 unspecified atom stereocenters. The van der Waals surface area contributed by atoms with E-state index in [1.807, 2.05) is 24.8 Å². The van der Waals surface area contributed by atoms with Crippen molar-refractivity contribution in [3.63, 3.8) is 0 Å². The lowest BCUT2D eigenvalue weighted by molar-refractivity contribution is -0.112. The molecule has 53 heavy (non-hydrogen) atoms. The van der Waals surface area contributed by atoms with Crippen molar-refractivity contribution in [2.24, 2.45) is 10.8 Å². The van der Waals surface area contributed by atoms with Crippen LogP contribution in [0.3, 0.4) is 0 Å². The number of β-amino-alcohol motifs (C(OH)–C–C–N with tert-alkyl or cyclic N) is 1. The lowest BCUT2D eigenvalue weighted by atomic mass is 9.60. The SMILES string of the molecule is COc1nc(-c2c(C)c(C)cc3[nH]ncc23)c(F)c2nc(OC[C@]34CCC[C@H]3N(C3CC5(CCOCC5)C3)CCC4)nc(N3CCOC[C@@](C)(O)C3)c12. The number of aliphatic hydroxyl groups is 1. The summed E-state index contributed by atoms with van der Waals surface area (Å²) >= 11 is 0. The number of nitrogens with zero attached hydrogens (tertiary/aromatic N) is 6. The van der Waals surface area contributed by atoms with E-state index in [4.69, 9.17) is 33.9 Å². The molecule has 1 spiro atoms. The van der Waals surface area contributed by atoms with Crippen LogP contribution in [0, 0.1) is 30.5 Å². The van der Waals surface area contributed by atoms with E-state index in [-0.39, 0.29) is 41.7 Å². The number of anilines is 1. The van der Waals surface area contributed by atoms with Gasteiger partial charge >= 0.3 is 6.01 Å². The Hall–Kier alpha value is -3.65. The van der Waals surface area contributed by atoms with Gasteiger partial charge in [0.2, 0.25) is 5.88 Å². The molecule has 0 amide bonds. The average Bonchev–Trinajstić information content (AvgIpc) is 3.75. The Morgan fingerprint density at radius 2 is 1.85 bits per heavy atom. The number of hydrogen-bond donors (Lipinski definition) is 2. The highest BCUT2D eigenvalue weighted by Gasteiger charge is 2.55. The maximum absolute atomic E-state index is 17.3. The fourth-order valence-corrected chi connectivity index (χ4v) is 10.5. The number of hydrogen-bond acceptors (Lipinski definition) is 11. The molecule has 6 heterocycles. The lowest BCUT2D eigenvalue weighted by Crippen LogP contribution is -2.61. The first-order valence-corrected chi connectivity index (χ1v) is 19.5.